The van der Waals surface area contributed by atoms with E-state index in [4.69, 9.17) is 9.47 Å². The molecule has 0 aliphatic carbocycles. The third-order valence-electron chi connectivity index (χ3n) is 5.28. The van der Waals surface area contributed by atoms with Crippen molar-refractivity contribution < 1.29 is 24.2 Å². The van der Waals surface area contributed by atoms with Gasteiger partial charge in [0.25, 0.3) is 0 Å². The molecule has 1 amide bonds. The van der Waals surface area contributed by atoms with Crippen LogP contribution in [0.25, 0.3) is 11.1 Å². The minimum Gasteiger partial charge on any atom is -0.507 e. The number of esters is 1. The SMILES string of the molecule is COC(=O)C(Cc1cc(-c2cc(C)ccc2C)c(O)c(C(C)(C)C)c1)NC(=O)OC(C)(C)C. The van der Waals surface area contributed by atoms with E-state index in [-0.39, 0.29) is 17.6 Å². The summed E-state index contributed by atoms with van der Waals surface area (Å²) < 4.78 is 10.2. The molecule has 0 aromatic heterocycles. The molecule has 0 saturated carbocycles. The van der Waals surface area contributed by atoms with Gasteiger partial charge in [0, 0.05) is 17.5 Å². The van der Waals surface area contributed by atoms with Gasteiger partial charge in [-0.15, -0.1) is 0 Å². The van der Waals surface area contributed by atoms with Crippen molar-refractivity contribution in [2.24, 2.45) is 0 Å². The molecule has 180 valence electrons. The van der Waals surface area contributed by atoms with Crippen molar-refractivity contribution in [1.82, 2.24) is 5.32 Å². The quantitative estimate of drug-likeness (QED) is 0.575. The van der Waals surface area contributed by atoms with E-state index in [0.717, 1.165) is 27.8 Å². The van der Waals surface area contributed by atoms with Crippen molar-refractivity contribution >= 4 is 12.1 Å². The van der Waals surface area contributed by atoms with Gasteiger partial charge in [0.05, 0.1) is 7.11 Å². The molecule has 2 aromatic rings. The van der Waals surface area contributed by atoms with Crippen LogP contribution in [-0.2, 0) is 26.1 Å². The average molecular weight is 456 g/mol. The van der Waals surface area contributed by atoms with E-state index in [2.05, 4.69) is 5.32 Å². The smallest absolute Gasteiger partial charge is 0.408 e. The topological polar surface area (TPSA) is 84.9 Å². The summed E-state index contributed by atoms with van der Waals surface area (Å²) >= 11 is 0. The molecule has 33 heavy (non-hydrogen) atoms. The molecule has 1 atom stereocenters. The number of methoxy groups -OCH3 is 1. The normalized spacial score (nSPS) is 12.8. The van der Waals surface area contributed by atoms with Crippen LogP contribution in [0.2, 0.25) is 0 Å². The Labute approximate surface area is 197 Å². The van der Waals surface area contributed by atoms with Crippen LogP contribution in [0, 0.1) is 13.8 Å². The molecule has 2 rings (SSSR count). The van der Waals surface area contributed by atoms with Gasteiger partial charge in [-0.05, 0) is 62.8 Å². The van der Waals surface area contributed by atoms with E-state index in [1.807, 2.05) is 65.0 Å². The fourth-order valence-corrected chi connectivity index (χ4v) is 3.64. The van der Waals surface area contributed by atoms with Crippen molar-refractivity contribution in [2.75, 3.05) is 7.11 Å². The molecule has 6 nitrogen and oxygen atoms in total. The van der Waals surface area contributed by atoms with Gasteiger partial charge in [-0.1, -0.05) is 50.6 Å². The van der Waals surface area contributed by atoms with Gasteiger partial charge in [-0.3, -0.25) is 0 Å². The van der Waals surface area contributed by atoms with Crippen LogP contribution in [0.3, 0.4) is 0 Å². The Kier molecular flexibility index (Phi) is 7.83. The minimum absolute atomic E-state index is 0.188. The van der Waals surface area contributed by atoms with Crippen molar-refractivity contribution in [3.8, 4) is 16.9 Å². The van der Waals surface area contributed by atoms with E-state index < -0.39 is 23.7 Å². The third-order valence-corrected chi connectivity index (χ3v) is 5.28. The Morgan fingerprint density at radius 3 is 2.18 bits per heavy atom. The number of phenols is 1. The van der Waals surface area contributed by atoms with E-state index in [9.17, 15) is 14.7 Å². The summed E-state index contributed by atoms with van der Waals surface area (Å²) in [7, 11) is 1.28. The Bertz CT molecular complexity index is 1030. The Morgan fingerprint density at radius 2 is 1.64 bits per heavy atom. The number of hydrogen-bond acceptors (Lipinski definition) is 5. The van der Waals surface area contributed by atoms with Crippen LogP contribution in [0.15, 0.2) is 30.3 Å². The number of amides is 1. The highest BCUT2D eigenvalue weighted by Crippen LogP contribution is 2.41. The third kappa shape index (κ3) is 6.98. The Morgan fingerprint density at radius 1 is 1.00 bits per heavy atom. The standard InChI is InChI=1S/C27H37NO5/c1-16-10-11-17(2)19(12-16)20-13-18(14-21(23(20)29)26(3,4)5)15-22(24(30)32-9)28-25(31)33-27(6,7)8/h10-14,22,29H,15H2,1-9H3,(H,28,31). The zero-order valence-corrected chi connectivity index (χ0v) is 21.3. The first-order valence-corrected chi connectivity index (χ1v) is 11.1. The van der Waals surface area contributed by atoms with Gasteiger partial charge in [0.1, 0.15) is 17.4 Å². The molecule has 0 aliphatic heterocycles. The number of aryl methyl sites for hydroxylation is 2. The number of ether oxygens (including phenoxy) is 2. The van der Waals surface area contributed by atoms with Crippen molar-refractivity contribution in [3.63, 3.8) is 0 Å². The summed E-state index contributed by atoms with van der Waals surface area (Å²) in [6.07, 6.45) is -0.505. The summed E-state index contributed by atoms with van der Waals surface area (Å²) in [5, 5.41) is 13.8. The molecule has 0 bridgehead atoms. The van der Waals surface area contributed by atoms with Gasteiger partial charge < -0.3 is 19.9 Å². The molecule has 0 radical (unpaired) electrons. The van der Waals surface area contributed by atoms with Crippen LogP contribution in [0.5, 0.6) is 5.75 Å². The van der Waals surface area contributed by atoms with Crippen molar-refractivity contribution in [3.05, 3.63) is 52.6 Å². The van der Waals surface area contributed by atoms with E-state index in [0.29, 0.717) is 5.56 Å². The summed E-state index contributed by atoms with van der Waals surface area (Å²) in [4.78, 5) is 24.8. The number of alkyl carbamates (subject to hydrolysis) is 1. The second-order valence-corrected chi connectivity index (χ2v) is 10.5. The monoisotopic (exact) mass is 455 g/mol. The van der Waals surface area contributed by atoms with E-state index >= 15 is 0 Å². The average Bonchev–Trinajstić information content (AvgIpc) is 2.67. The lowest BCUT2D eigenvalue weighted by molar-refractivity contribution is -0.143. The number of benzene rings is 2. The minimum atomic E-state index is -0.936. The van der Waals surface area contributed by atoms with Gasteiger partial charge >= 0.3 is 12.1 Å². The van der Waals surface area contributed by atoms with Crippen LogP contribution in [-0.4, -0.2) is 35.9 Å². The van der Waals surface area contributed by atoms with Gasteiger partial charge in [0.15, 0.2) is 0 Å². The first-order valence-electron chi connectivity index (χ1n) is 11.1. The number of carbonyl (C=O) groups excluding carboxylic acids is 2. The van der Waals surface area contributed by atoms with E-state index in [1.165, 1.54) is 7.11 Å². The maximum Gasteiger partial charge on any atom is 0.408 e. The second-order valence-electron chi connectivity index (χ2n) is 10.5. The molecule has 0 saturated heterocycles. The van der Waals surface area contributed by atoms with Crippen LogP contribution >= 0.6 is 0 Å². The predicted molar refractivity (Wildman–Crippen MR) is 131 cm³/mol. The number of hydrogen-bond donors (Lipinski definition) is 2. The number of aromatic hydroxyl groups is 1. The Hall–Kier alpha value is -3.02. The lowest BCUT2D eigenvalue weighted by Gasteiger charge is -2.26. The number of carbonyl (C=O) groups is 2. The lowest BCUT2D eigenvalue weighted by atomic mass is 9.81. The molecule has 0 spiro atoms. The Balaban J connectivity index is 2.56. The molecule has 1 unspecified atom stereocenters. The summed E-state index contributed by atoms with van der Waals surface area (Å²) in [5.74, 6) is -0.353. The molecule has 2 N–H and O–H groups in total. The van der Waals surface area contributed by atoms with Crippen molar-refractivity contribution in [2.45, 2.75) is 78.9 Å². The van der Waals surface area contributed by atoms with Crippen LogP contribution in [0.1, 0.15) is 63.8 Å². The molecule has 6 heteroatoms. The fourth-order valence-electron chi connectivity index (χ4n) is 3.64. The summed E-state index contributed by atoms with van der Waals surface area (Å²) in [6.45, 7) is 15.3. The largest absolute Gasteiger partial charge is 0.507 e. The molecular formula is C27H37NO5. The van der Waals surface area contributed by atoms with Crippen molar-refractivity contribution in [1.29, 1.82) is 0 Å². The first kappa shape index (κ1) is 26.2. The highest BCUT2D eigenvalue weighted by molar-refractivity contribution is 5.82. The van der Waals surface area contributed by atoms with Gasteiger partial charge in [-0.25, -0.2) is 9.59 Å². The summed E-state index contributed by atoms with van der Waals surface area (Å²) in [5.41, 5.74) is 4.25. The van der Waals surface area contributed by atoms with Gasteiger partial charge in [-0.2, -0.15) is 0 Å². The number of nitrogens with one attached hydrogen (secondary N) is 1. The highest BCUT2D eigenvalue weighted by Gasteiger charge is 2.28. The molecule has 2 aromatic carbocycles. The first-order chi connectivity index (χ1) is 15.1. The lowest BCUT2D eigenvalue weighted by Crippen LogP contribution is -2.45. The highest BCUT2D eigenvalue weighted by atomic mass is 16.6. The predicted octanol–water partition coefficient (Wildman–Crippen LogP) is 5.58. The maximum atomic E-state index is 12.5. The van der Waals surface area contributed by atoms with Crippen LogP contribution in [0.4, 0.5) is 4.79 Å². The van der Waals surface area contributed by atoms with Gasteiger partial charge in [0.2, 0.25) is 0 Å². The summed E-state index contributed by atoms with van der Waals surface area (Å²) in [6, 6.07) is 8.92. The molecule has 0 aliphatic rings. The zero-order chi connectivity index (χ0) is 25.1. The van der Waals surface area contributed by atoms with E-state index in [1.54, 1.807) is 20.8 Å². The number of rotatable bonds is 5. The molecular weight excluding hydrogens is 418 g/mol. The zero-order valence-electron chi connectivity index (χ0n) is 21.3. The van der Waals surface area contributed by atoms with Crippen LogP contribution < -0.4 is 5.32 Å². The number of phenolic OH excluding ortho intramolecular Hbond substituents is 1. The molecule has 0 fully saturated rings. The maximum absolute atomic E-state index is 12.5. The fraction of sp³-hybridized carbons (Fsp3) is 0.481. The second kappa shape index (κ2) is 9.86. The molecule has 0 heterocycles.